The minimum atomic E-state index is -0.215. The van der Waals surface area contributed by atoms with Gasteiger partial charge in [-0.15, -0.1) is 0 Å². The fraction of sp³-hybridized carbons (Fsp3) is 0.316. The Morgan fingerprint density at radius 3 is 2.65 bits per heavy atom. The van der Waals surface area contributed by atoms with Crippen LogP contribution in [-0.2, 0) is 11.3 Å². The molecule has 7 nitrogen and oxygen atoms in total. The molecular weight excluding hydrogens is 330 g/mol. The summed E-state index contributed by atoms with van der Waals surface area (Å²) in [5.41, 5.74) is 0.941. The summed E-state index contributed by atoms with van der Waals surface area (Å²) in [6, 6.07) is 7.41. The Labute approximate surface area is 152 Å². The fourth-order valence-electron chi connectivity index (χ4n) is 2.40. The van der Waals surface area contributed by atoms with Crippen LogP contribution < -0.4 is 5.32 Å². The van der Waals surface area contributed by atoms with Crippen LogP contribution in [0.15, 0.2) is 55.2 Å². The molecule has 0 aliphatic rings. The highest BCUT2D eigenvalue weighted by Gasteiger charge is 2.16. The smallest absolute Gasteiger partial charge is 0.257 e. The molecule has 0 aliphatic heterocycles. The van der Waals surface area contributed by atoms with Crippen LogP contribution in [0.1, 0.15) is 30.6 Å². The summed E-state index contributed by atoms with van der Waals surface area (Å²) in [5.74, 6) is 0.549. The lowest BCUT2D eigenvalue weighted by molar-refractivity contribution is 0.0113. The predicted molar refractivity (Wildman–Crippen MR) is 99.4 cm³/mol. The number of amides is 1. The van der Waals surface area contributed by atoms with E-state index in [9.17, 15) is 4.79 Å². The van der Waals surface area contributed by atoms with Crippen LogP contribution in [0.25, 0.3) is 5.82 Å². The minimum Gasteiger partial charge on any atom is -0.379 e. The molecule has 0 bridgehead atoms. The first kappa shape index (κ1) is 17.9. The van der Waals surface area contributed by atoms with Gasteiger partial charge in [-0.1, -0.05) is 0 Å². The third-order valence-electron chi connectivity index (χ3n) is 4.27. The molecule has 3 aromatic heterocycles. The highest BCUT2D eigenvalue weighted by molar-refractivity contribution is 6.03. The quantitative estimate of drug-likeness (QED) is 0.708. The predicted octanol–water partition coefficient (Wildman–Crippen LogP) is 3.14. The van der Waals surface area contributed by atoms with Crippen molar-refractivity contribution in [3.8, 4) is 5.82 Å². The molecule has 0 aromatic carbocycles. The lowest BCUT2D eigenvalue weighted by Crippen LogP contribution is -2.24. The molecule has 1 amide bonds. The minimum absolute atomic E-state index is 0.206. The largest absolute Gasteiger partial charge is 0.379 e. The zero-order chi connectivity index (χ0) is 18.6. The highest BCUT2D eigenvalue weighted by atomic mass is 16.5. The van der Waals surface area contributed by atoms with Gasteiger partial charge in [-0.25, -0.2) is 4.98 Å². The number of pyridine rings is 1. The molecule has 136 valence electrons. The zero-order valence-corrected chi connectivity index (χ0v) is 15.2. The average molecular weight is 353 g/mol. The number of aryl methyl sites for hydroxylation is 1. The molecule has 0 radical (unpaired) electrons. The van der Waals surface area contributed by atoms with E-state index >= 15 is 0 Å². The van der Waals surface area contributed by atoms with E-state index in [1.54, 1.807) is 30.3 Å². The molecule has 26 heavy (non-hydrogen) atoms. The third-order valence-corrected chi connectivity index (χ3v) is 4.27. The molecule has 0 unspecified atom stereocenters. The van der Waals surface area contributed by atoms with Crippen LogP contribution in [0, 0.1) is 0 Å². The van der Waals surface area contributed by atoms with Crippen molar-refractivity contribution in [1.82, 2.24) is 19.3 Å². The second-order valence-electron chi connectivity index (χ2n) is 6.66. The maximum absolute atomic E-state index is 12.4. The highest BCUT2D eigenvalue weighted by Crippen LogP contribution is 2.15. The topological polar surface area (TPSA) is 74.0 Å². The lowest BCUT2D eigenvalue weighted by Gasteiger charge is -2.22. The normalized spacial score (nSPS) is 11.5. The number of methoxy groups -OCH3 is 1. The zero-order valence-electron chi connectivity index (χ0n) is 15.2. The van der Waals surface area contributed by atoms with E-state index in [4.69, 9.17) is 4.74 Å². The SMILES string of the molecule is COC(C)(C)CCn1cc(NC(=O)c2ccc(-n3cccc3)nc2)cn1. The summed E-state index contributed by atoms with van der Waals surface area (Å²) in [4.78, 5) is 16.7. The summed E-state index contributed by atoms with van der Waals surface area (Å²) >= 11 is 0. The van der Waals surface area contributed by atoms with Crippen molar-refractivity contribution in [1.29, 1.82) is 0 Å². The van der Waals surface area contributed by atoms with Crippen molar-refractivity contribution in [2.75, 3.05) is 12.4 Å². The number of aromatic nitrogens is 4. The molecule has 7 heteroatoms. The first-order valence-electron chi connectivity index (χ1n) is 8.45. The fourth-order valence-corrected chi connectivity index (χ4v) is 2.40. The van der Waals surface area contributed by atoms with E-state index < -0.39 is 0 Å². The Morgan fingerprint density at radius 1 is 1.23 bits per heavy atom. The molecule has 0 atom stereocenters. The molecule has 0 saturated carbocycles. The first-order chi connectivity index (χ1) is 12.5. The molecule has 3 rings (SSSR count). The van der Waals surface area contributed by atoms with Crippen LogP contribution in [0.2, 0.25) is 0 Å². The number of nitrogens with zero attached hydrogens (tertiary/aromatic N) is 4. The summed E-state index contributed by atoms with van der Waals surface area (Å²) in [7, 11) is 1.70. The van der Waals surface area contributed by atoms with Gasteiger partial charge >= 0.3 is 0 Å². The molecule has 0 fully saturated rings. The van der Waals surface area contributed by atoms with Crippen molar-refractivity contribution in [3.63, 3.8) is 0 Å². The number of carbonyl (C=O) groups is 1. The Kier molecular flexibility index (Phi) is 5.18. The third kappa shape index (κ3) is 4.37. The van der Waals surface area contributed by atoms with Crippen LogP contribution in [0.3, 0.4) is 0 Å². The summed E-state index contributed by atoms with van der Waals surface area (Å²) in [6.45, 7) is 4.77. The number of ether oxygens (including phenoxy) is 1. The van der Waals surface area contributed by atoms with Gasteiger partial charge in [0.25, 0.3) is 5.91 Å². The number of rotatable bonds is 7. The average Bonchev–Trinajstić information content (AvgIpc) is 3.32. The number of hydrogen-bond acceptors (Lipinski definition) is 4. The van der Waals surface area contributed by atoms with Crippen molar-refractivity contribution in [2.24, 2.45) is 0 Å². The van der Waals surface area contributed by atoms with Gasteiger partial charge in [-0.3, -0.25) is 9.48 Å². The van der Waals surface area contributed by atoms with Gasteiger partial charge in [0.2, 0.25) is 0 Å². The maximum atomic E-state index is 12.4. The van der Waals surface area contributed by atoms with Crippen molar-refractivity contribution in [3.05, 3.63) is 60.8 Å². The molecule has 1 N–H and O–H groups in total. The number of anilines is 1. The lowest BCUT2D eigenvalue weighted by atomic mass is 10.1. The van der Waals surface area contributed by atoms with Gasteiger partial charge in [-0.2, -0.15) is 5.10 Å². The van der Waals surface area contributed by atoms with Crippen LogP contribution in [-0.4, -0.2) is 37.9 Å². The van der Waals surface area contributed by atoms with Gasteiger partial charge in [-0.05, 0) is 44.5 Å². The monoisotopic (exact) mass is 353 g/mol. The van der Waals surface area contributed by atoms with Crippen molar-refractivity contribution >= 4 is 11.6 Å². The molecule has 0 aliphatic carbocycles. The molecule has 0 spiro atoms. The second-order valence-corrected chi connectivity index (χ2v) is 6.66. The van der Waals surface area contributed by atoms with Gasteiger partial charge in [0, 0.05) is 38.4 Å². The van der Waals surface area contributed by atoms with Gasteiger partial charge < -0.3 is 14.6 Å². The summed E-state index contributed by atoms with van der Waals surface area (Å²) < 4.78 is 9.08. The van der Waals surface area contributed by atoms with Crippen LogP contribution >= 0.6 is 0 Å². The Bertz CT molecular complexity index is 850. The second kappa shape index (κ2) is 7.53. The maximum Gasteiger partial charge on any atom is 0.257 e. The van der Waals surface area contributed by atoms with Gasteiger partial charge in [0.15, 0.2) is 0 Å². The standard InChI is InChI=1S/C19H23N5O2/c1-19(2,26-3)8-11-24-14-16(13-21-24)22-18(25)15-6-7-17(20-12-15)23-9-4-5-10-23/h4-7,9-10,12-14H,8,11H2,1-3H3,(H,22,25). The Morgan fingerprint density at radius 2 is 2.00 bits per heavy atom. The van der Waals surface area contributed by atoms with Crippen molar-refractivity contribution in [2.45, 2.75) is 32.4 Å². The first-order valence-corrected chi connectivity index (χ1v) is 8.45. The van der Waals surface area contributed by atoms with Gasteiger partial charge in [0.1, 0.15) is 5.82 Å². The van der Waals surface area contributed by atoms with E-state index in [-0.39, 0.29) is 11.5 Å². The number of nitrogens with one attached hydrogen (secondary N) is 1. The van der Waals surface area contributed by atoms with E-state index in [1.807, 2.05) is 55.2 Å². The van der Waals surface area contributed by atoms with Crippen LogP contribution in [0.4, 0.5) is 5.69 Å². The van der Waals surface area contributed by atoms with E-state index in [0.29, 0.717) is 17.8 Å². The number of hydrogen-bond donors (Lipinski definition) is 1. The Balaban J connectivity index is 1.60. The van der Waals surface area contributed by atoms with E-state index in [0.717, 1.165) is 12.2 Å². The molecule has 0 saturated heterocycles. The number of carbonyl (C=O) groups excluding carboxylic acids is 1. The summed E-state index contributed by atoms with van der Waals surface area (Å²) in [5, 5.41) is 7.12. The van der Waals surface area contributed by atoms with Crippen LogP contribution in [0.5, 0.6) is 0 Å². The molecule has 3 aromatic rings. The summed E-state index contributed by atoms with van der Waals surface area (Å²) in [6.07, 6.45) is 9.65. The molecular formula is C19H23N5O2. The van der Waals surface area contributed by atoms with E-state index in [2.05, 4.69) is 15.4 Å². The van der Waals surface area contributed by atoms with Gasteiger partial charge in [0.05, 0.1) is 23.0 Å². The molecule has 3 heterocycles. The Hall–Kier alpha value is -2.93. The van der Waals surface area contributed by atoms with E-state index in [1.165, 1.54) is 0 Å². The van der Waals surface area contributed by atoms with Crippen molar-refractivity contribution < 1.29 is 9.53 Å².